The zero-order valence-electron chi connectivity index (χ0n) is 15.5. The van der Waals surface area contributed by atoms with Crippen molar-refractivity contribution in [3.8, 4) is 0 Å². The number of fused-ring (bicyclic) bond motifs is 2. The maximum absolute atomic E-state index is 13.0. The second-order valence-corrected chi connectivity index (χ2v) is 7.49. The monoisotopic (exact) mass is 410 g/mol. The lowest BCUT2D eigenvalue weighted by Gasteiger charge is -2.15. The Morgan fingerprint density at radius 1 is 1.28 bits per heavy atom. The van der Waals surface area contributed by atoms with Crippen LogP contribution in [0.4, 0.5) is 5.69 Å². The number of benzene rings is 2. The molecule has 0 spiro atoms. The normalized spacial score (nSPS) is 12.3. The number of aromatic amines is 2. The molecule has 0 aliphatic carbocycles. The maximum Gasteiger partial charge on any atom is 0.273 e. The van der Waals surface area contributed by atoms with E-state index in [1.54, 1.807) is 17.8 Å². The average Bonchev–Trinajstić information content (AvgIpc) is 3.34. The molecule has 1 unspecified atom stereocenters. The third-order valence-corrected chi connectivity index (χ3v) is 5.27. The van der Waals surface area contributed by atoms with Crippen molar-refractivity contribution in [2.45, 2.75) is 12.5 Å². The number of nitro groups is 1. The Balaban J connectivity index is 1.65. The van der Waals surface area contributed by atoms with Gasteiger partial charge in [-0.05, 0) is 36.6 Å². The first-order valence-corrected chi connectivity index (χ1v) is 10.3. The Kier molecular flexibility index (Phi) is 5.17. The number of rotatable bonds is 7. The quantitative estimate of drug-likeness (QED) is 0.315. The Morgan fingerprint density at radius 2 is 2.10 bits per heavy atom. The number of para-hydroxylation sites is 2. The van der Waals surface area contributed by atoms with Crippen molar-refractivity contribution in [3.05, 3.63) is 64.1 Å². The number of nitrogens with one attached hydrogen (secondary N) is 3. The summed E-state index contributed by atoms with van der Waals surface area (Å²) in [5.74, 6) is 1.08. The highest BCUT2D eigenvalue weighted by Gasteiger charge is 2.23. The molecule has 0 saturated heterocycles. The van der Waals surface area contributed by atoms with Crippen LogP contribution in [-0.2, 0) is 0 Å². The van der Waals surface area contributed by atoms with Gasteiger partial charge >= 0.3 is 0 Å². The Hall–Kier alpha value is -3.40. The van der Waals surface area contributed by atoms with Crippen LogP contribution in [0.15, 0.2) is 42.5 Å². The lowest BCUT2D eigenvalue weighted by molar-refractivity contribution is -0.384. The van der Waals surface area contributed by atoms with Gasteiger partial charge in [-0.3, -0.25) is 20.0 Å². The van der Waals surface area contributed by atoms with Crippen molar-refractivity contribution in [1.82, 2.24) is 25.5 Å². The van der Waals surface area contributed by atoms with Crippen molar-refractivity contribution in [2.24, 2.45) is 0 Å². The van der Waals surface area contributed by atoms with E-state index in [2.05, 4.69) is 25.5 Å². The van der Waals surface area contributed by atoms with Crippen LogP contribution in [-0.4, -0.2) is 43.0 Å². The number of nitro benzene ring substituents is 1. The Labute approximate surface area is 169 Å². The van der Waals surface area contributed by atoms with Crippen LogP contribution < -0.4 is 5.32 Å². The van der Waals surface area contributed by atoms with Gasteiger partial charge in [0.05, 0.1) is 27.5 Å². The largest absolute Gasteiger partial charge is 0.341 e. The number of imidazole rings is 1. The standard InChI is InChI=1S/C19H18N6O3S/c1-29-9-8-16(18-20-14-4-2-3-5-15(14)21-18)22-19(26)17-12-10-11(25(27)28)6-7-13(12)23-24-17/h2-7,10,16H,8-9H2,1H3,(H,20,21)(H,22,26)(H,23,24). The molecule has 2 aromatic heterocycles. The fourth-order valence-corrected chi connectivity index (χ4v) is 3.64. The summed E-state index contributed by atoms with van der Waals surface area (Å²) in [6.45, 7) is 0. The van der Waals surface area contributed by atoms with Crippen LogP contribution in [0.1, 0.15) is 28.8 Å². The summed E-state index contributed by atoms with van der Waals surface area (Å²) in [5, 5.41) is 21.3. The first-order chi connectivity index (χ1) is 14.1. The zero-order valence-corrected chi connectivity index (χ0v) is 16.3. The number of nitrogens with zero attached hydrogens (tertiary/aromatic N) is 3. The Morgan fingerprint density at radius 3 is 2.86 bits per heavy atom. The third kappa shape index (κ3) is 3.79. The number of hydrogen-bond acceptors (Lipinski definition) is 6. The molecule has 0 saturated carbocycles. The SMILES string of the molecule is CSCCC(NC(=O)c1n[nH]c2ccc([N+](=O)[O-])cc12)c1nc2ccccc2[nH]1. The van der Waals surface area contributed by atoms with E-state index in [1.807, 2.05) is 30.5 Å². The average molecular weight is 410 g/mol. The van der Waals surface area contributed by atoms with Crippen molar-refractivity contribution in [3.63, 3.8) is 0 Å². The summed E-state index contributed by atoms with van der Waals surface area (Å²) in [6.07, 6.45) is 2.67. The summed E-state index contributed by atoms with van der Waals surface area (Å²) in [7, 11) is 0. The molecule has 0 fully saturated rings. The highest BCUT2D eigenvalue weighted by Crippen LogP contribution is 2.24. The van der Waals surface area contributed by atoms with E-state index >= 15 is 0 Å². The van der Waals surface area contributed by atoms with Crippen LogP contribution in [0.3, 0.4) is 0 Å². The number of hydrogen-bond donors (Lipinski definition) is 3. The lowest BCUT2D eigenvalue weighted by Crippen LogP contribution is -2.30. The molecule has 10 heteroatoms. The molecule has 1 atom stereocenters. The fourth-order valence-electron chi connectivity index (χ4n) is 3.17. The lowest BCUT2D eigenvalue weighted by atomic mass is 10.1. The number of carbonyl (C=O) groups is 1. The molecule has 2 aromatic carbocycles. The maximum atomic E-state index is 13.0. The second-order valence-electron chi connectivity index (χ2n) is 6.51. The molecule has 4 aromatic rings. The molecule has 29 heavy (non-hydrogen) atoms. The molecular weight excluding hydrogens is 392 g/mol. The van der Waals surface area contributed by atoms with Gasteiger partial charge in [-0.15, -0.1) is 0 Å². The van der Waals surface area contributed by atoms with Gasteiger partial charge in [0.25, 0.3) is 11.6 Å². The van der Waals surface area contributed by atoms with Gasteiger partial charge in [0.1, 0.15) is 5.82 Å². The summed E-state index contributed by atoms with van der Waals surface area (Å²) >= 11 is 1.67. The van der Waals surface area contributed by atoms with Gasteiger partial charge in [0, 0.05) is 17.5 Å². The number of non-ortho nitro benzene ring substituents is 1. The number of carbonyl (C=O) groups excluding carboxylic acids is 1. The third-order valence-electron chi connectivity index (χ3n) is 4.63. The summed E-state index contributed by atoms with van der Waals surface area (Å²) < 4.78 is 0. The van der Waals surface area contributed by atoms with Crippen LogP contribution >= 0.6 is 11.8 Å². The van der Waals surface area contributed by atoms with E-state index in [0.29, 0.717) is 23.1 Å². The van der Waals surface area contributed by atoms with Gasteiger partial charge in [0.2, 0.25) is 0 Å². The molecule has 2 heterocycles. The van der Waals surface area contributed by atoms with Crippen molar-refractivity contribution in [1.29, 1.82) is 0 Å². The molecular formula is C19H18N6O3S. The number of thioether (sulfide) groups is 1. The highest BCUT2D eigenvalue weighted by atomic mass is 32.2. The minimum atomic E-state index is -0.496. The van der Waals surface area contributed by atoms with Gasteiger partial charge in [-0.25, -0.2) is 4.98 Å². The molecule has 0 radical (unpaired) electrons. The summed E-state index contributed by atoms with van der Waals surface area (Å²) in [6, 6.07) is 11.6. The number of H-pyrrole nitrogens is 2. The van der Waals surface area contributed by atoms with Crippen LogP contribution in [0.5, 0.6) is 0 Å². The summed E-state index contributed by atoms with van der Waals surface area (Å²) in [5.41, 5.74) is 2.31. The van der Waals surface area contributed by atoms with E-state index in [4.69, 9.17) is 0 Å². The molecule has 0 bridgehead atoms. The topological polar surface area (TPSA) is 130 Å². The summed E-state index contributed by atoms with van der Waals surface area (Å²) in [4.78, 5) is 31.4. The first-order valence-electron chi connectivity index (χ1n) is 8.94. The van der Waals surface area contributed by atoms with E-state index in [0.717, 1.165) is 16.8 Å². The van der Waals surface area contributed by atoms with Crippen LogP contribution in [0, 0.1) is 10.1 Å². The van der Waals surface area contributed by atoms with Gasteiger partial charge < -0.3 is 10.3 Å². The van der Waals surface area contributed by atoms with E-state index in [1.165, 1.54) is 12.1 Å². The van der Waals surface area contributed by atoms with Crippen molar-refractivity contribution in [2.75, 3.05) is 12.0 Å². The molecule has 0 aliphatic rings. The fraction of sp³-hybridized carbons (Fsp3) is 0.211. The van der Waals surface area contributed by atoms with Crippen LogP contribution in [0.2, 0.25) is 0 Å². The minimum Gasteiger partial charge on any atom is -0.341 e. The minimum absolute atomic E-state index is 0.0934. The zero-order chi connectivity index (χ0) is 20.4. The number of aromatic nitrogens is 4. The molecule has 0 aliphatic heterocycles. The van der Waals surface area contributed by atoms with Gasteiger partial charge in [-0.1, -0.05) is 12.1 Å². The van der Waals surface area contributed by atoms with E-state index in [-0.39, 0.29) is 17.4 Å². The molecule has 148 valence electrons. The smallest absolute Gasteiger partial charge is 0.273 e. The van der Waals surface area contributed by atoms with E-state index in [9.17, 15) is 14.9 Å². The molecule has 3 N–H and O–H groups in total. The van der Waals surface area contributed by atoms with Crippen LogP contribution in [0.25, 0.3) is 21.9 Å². The highest BCUT2D eigenvalue weighted by molar-refractivity contribution is 7.98. The van der Waals surface area contributed by atoms with Crippen molar-refractivity contribution < 1.29 is 9.72 Å². The molecule has 4 rings (SSSR count). The van der Waals surface area contributed by atoms with Gasteiger partial charge in [0.15, 0.2) is 5.69 Å². The number of amides is 1. The predicted octanol–water partition coefficient (Wildman–Crippen LogP) is 3.57. The molecule has 9 nitrogen and oxygen atoms in total. The first kappa shape index (κ1) is 18.9. The Bertz CT molecular complexity index is 1170. The van der Waals surface area contributed by atoms with Gasteiger partial charge in [-0.2, -0.15) is 16.9 Å². The second kappa shape index (κ2) is 7.92. The van der Waals surface area contributed by atoms with E-state index < -0.39 is 10.8 Å². The van der Waals surface area contributed by atoms with Crippen molar-refractivity contribution >= 4 is 45.3 Å². The predicted molar refractivity (Wildman–Crippen MR) is 112 cm³/mol. The molecule has 1 amide bonds.